The minimum Gasteiger partial charge on any atom is -0.460 e. The first-order chi connectivity index (χ1) is 10.5. The Bertz CT molecular complexity index is 508. The molecule has 0 unspecified atom stereocenters. The molecule has 0 aliphatic rings. The number of rotatable bonds is 9. The number of nitrogens with one attached hydrogen (secondary N) is 1. The summed E-state index contributed by atoms with van der Waals surface area (Å²) >= 11 is 0. The number of benzene rings is 1. The molecule has 0 aromatic heterocycles. The van der Waals surface area contributed by atoms with E-state index in [0.717, 1.165) is 17.7 Å². The highest BCUT2D eigenvalue weighted by Gasteiger charge is 2.13. The van der Waals surface area contributed by atoms with Gasteiger partial charge in [-0.05, 0) is 38.8 Å². The summed E-state index contributed by atoms with van der Waals surface area (Å²) in [4.78, 5) is 34.2. The summed E-state index contributed by atoms with van der Waals surface area (Å²) in [6, 6.07) is 7.61. The second-order valence-electron chi connectivity index (χ2n) is 5.12. The fourth-order valence-corrected chi connectivity index (χ4v) is 1.92. The molecule has 0 aliphatic carbocycles. The quantitative estimate of drug-likeness (QED) is 0.432. The molecule has 0 spiro atoms. The van der Waals surface area contributed by atoms with Gasteiger partial charge < -0.3 is 10.1 Å². The van der Waals surface area contributed by atoms with Crippen LogP contribution >= 0.6 is 0 Å². The first kappa shape index (κ1) is 17.9. The van der Waals surface area contributed by atoms with Gasteiger partial charge in [-0.1, -0.05) is 24.1 Å². The van der Waals surface area contributed by atoms with Gasteiger partial charge in [0.1, 0.15) is 0 Å². The number of ether oxygens (including phenoxy) is 1. The van der Waals surface area contributed by atoms with E-state index in [9.17, 15) is 14.4 Å². The van der Waals surface area contributed by atoms with Crippen LogP contribution in [-0.2, 0) is 19.1 Å². The van der Waals surface area contributed by atoms with E-state index in [4.69, 9.17) is 0 Å². The lowest BCUT2D eigenvalue weighted by Crippen LogP contribution is -2.17. The molecule has 1 amide bonds. The smallest absolute Gasteiger partial charge is 0.374 e. The van der Waals surface area contributed by atoms with Crippen molar-refractivity contribution in [1.82, 2.24) is 0 Å². The van der Waals surface area contributed by atoms with Crippen LogP contribution in [0.5, 0.6) is 0 Å². The lowest BCUT2D eigenvalue weighted by atomic mass is 10.1. The number of unbranched alkanes of at least 4 members (excludes halogenated alkanes) is 2. The van der Waals surface area contributed by atoms with Crippen LogP contribution in [0.4, 0.5) is 5.69 Å². The summed E-state index contributed by atoms with van der Waals surface area (Å²) in [6.45, 7) is 3.87. The van der Waals surface area contributed by atoms with Crippen LogP contribution in [0.25, 0.3) is 0 Å². The average Bonchev–Trinajstić information content (AvgIpc) is 2.49. The SMILES string of the molecule is CCOC(=O)C(=O)CCCCCC(=O)Nc1ccc(C)cc1. The van der Waals surface area contributed by atoms with Crippen molar-refractivity contribution in [2.45, 2.75) is 46.0 Å². The highest BCUT2D eigenvalue weighted by Crippen LogP contribution is 2.10. The Morgan fingerprint density at radius 3 is 2.27 bits per heavy atom. The number of anilines is 1. The van der Waals surface area contributed by atoms with Crippen molar-refractivity contribution in [3.05, 3.63) is 29.8 Å². The third-order valence-corrected chi connectivity index (χ3v) is 3.15. The molecule has 1 rings (SSSR count). The van der Waals surface area contributed by atoms with Gasteiger partial charge in [0.25, 0.3) is 0 Å². The molecule has 0 saturated carbocycles. The average molecular weight is 305 g/mol. The van der Waals surface area contributed by atoms with E-state index in [-0.39, 0.29) is 18.9 Å². The number of aryl methyl sites for hydroxylation is 1. The summed E-state index contributed by atoms with van der Waals surface area (Å²) in [7, 11) is 0. The Balaban J connectivity index is 2.14. The molecule has 5 nitrogen and oxygen atoms in total. The Kier molecular flexibility index (Phi) is 7.89. The highest BCUT2D eigenvalue weighted by molar-refractivity contribution is 6.33. The van der Waals surface area contributed by atoms with Crippen LogP contribution in [0.1, 0.15) is 44.6 Å². The van der Waals surface area contributed by atoms with Crippen LogP contribution in [0.2, 0.25) is 0 Å². The zero-order valence-corrected chi connectivity index (χ0v) is 13.2. The number of carbonyl (C=O) groups is 3. The highest BCUT2D eigenvalue weighted by atomic mass is 16.5. The van der Waals surface area contributed by atoms with Gasteiger partial charge >= 0.3 is 5.97 Å². The fraction of sp³-hybridized carbons (Fsp3) is 0.471. The first-order valence-corrected chi connectivity index (χ1v) is 7.59. The molecule has 0 aliphatic heterocycles. The van der Waals surface area contributed by atoms with Crippen molar-refractivity contribution >= 4 is 23.3 Å². The van der Waals surface area contributed by atoms with E-state index < -0.39 is 11.8 Å². The fourth-order valence-electron chi connectivity index (χ4n) is 1.92. The normalized spacial score (nSPS) is 10.1. The second kappa shape index (κ2) is 9.71. The van der Waals surface area contributed by atoms with Gasteiger partial charge in [0.2, 0.25) is 11.7 Å². The topological polar surface area (TPSA) is 72.5 Å². The number of carbonyl (C=O) groups excluding carboxylic acids is 3. The van der Waals surface area contributed by atoms with Gasteiger partial charge in [0.05, 0.1) is 6.61 Å². The molecule has 1 aromatic rings. The van der Waals surface area contributed by atoms with E-state index in [1.807, 2.05) is 31.2 Å². The van der Waals surface area contributed by atoms with Crippen molar-refractivity contribution in [2.75, 3.05) is 11.9 Å². The van der Waals surface area contributed by atoms with Gasteiger partial charge in [-0.3, -0.25) is 9.59 Å². The third-order valence-electron chi connectivity index (χ3n) is 3.15. The maximum absolute atomic E-state index is 11.7. The van der Waals surface area contributed by atoms with Gasteiger partial charge in [-0.25, -0.2) is 4.79 Å². The monoisotopic (exact) mass is 305 g/mol. The molecule has 1 aromatic carbocycles. The maximum atomic E-state index is 11.7. The van der Waals surface area contributed by atoms with Crippen molar-refractivity contribution < 1.29 is 19.1 Å². The van der Waals surface area contributed by atoms with Crippen LogP contribution in [-0.4, -0.2) is 24.3 Å². The lowest BCUT2D eigenvalue weighted by molar-refractivity contribution is -0.153. The van der Waals surface area contributed by atoms with E-state index in [2.05, 4.69) is 10.1 Å². The molecule has 22 heavy (non-hydrogen) atoms. The summed E-state index contributed by atoms with van der Waals surface area (Å²) in [5, 5.41) is 2.82. The van der Waals surface area contributed by atoms with E-state index >= 15 is 0 Å². The molecule has 1 N–H and O–H groups in total. The predicted molar refractivity (Wildman–Crippen MR) is 84.5 cm³/mol. The minimum absolute atomic E-state index is 0.0411. The van der Waals surface area contributed by atoms with Gasteiger partial charge in [-0.2, -0.15) is 0 Å². The van der Waals surface area contributed by atoms with Gasteiger partial charge in [0, 0.05) is 18.5 Å². The summed E-state index contributed by atoms with van der Waals surface area (Å²) in [6.07, 6.45) is 2.59. The zero-order chi connectivity index (χ0) is 16.4. The predicted octanol–water partition coefficient (Wildman–Crippen LogP) is 3.02. The molecular weight excluding hydrogens is 282 g/mol. The summed E-state index contributed by atoms with van der Waals surface area (Å²) in [5.74, 6) is -1.30. The summed E-state index contributed by atoms with van der Waals surface area (Å²) < 4.78 is 4.62. The van der Waals surface area contributed by atoms with Gasteiger partial charge in [0.15, 0.2) is 0 Å². The lowest BCUT2D eigenvalue weighted by Gasteiger charge is -2.05. The second-order valence-corrected chi connectivity index (χ2v) is 5.12. The van der Waals surface area contributed by atoms with E-state index in [0.29, 0.717) is 19.3 Å². The molecule has 0 radical (unpaired) electrons. The number of hydrogen-bond acceptors (Lipinski definition) is 4. The number of Topliss-reactive ketones (excluding diaryl/α,β-unsaturated/α-hetero) is 1. The third kappa shape index (κ3) is 7.02. The van der Waals surface area contributed by atoms with E-state index in [1.54, 1.807) is 6.92 Å². The molecule has 5 heteroatoms. The van der Waals surface area contributed by atoms with Crippen LogP contribution in [0.15, 0.2) is 24.3 Å². The van der Waals surface area contributed by atoms with E-state index in [1.165, 1.54) is 0 Å². The number of esters is 1. The van der Waals surface area contributed by atoms with Crippen molar-refractivity contribution in [1.29, 1.82) is 0 Å². The summed E-state index contributed by atoms with van der Waals surface area (Å²) in [5.41, 5.74) is 1.93. The molecule has 120 valence electrons. The Hall–Kier alpha value is -2.17. The molecule has 0 heterocycles. The molecule has 0 saturated heterocycles. The number of hydrogen-bond donors (Lipinski definition) is 1. The Morgan fingerprint density at radius 1 is 1.00 bits per heavy atom. The number of ketones is 1. The van der Waals surface area contributed by atoms with Crippen LogP contribution in [0.3, 0.4) is 0 Å². The first-order valence-electron chi connectivity index (χ1n) is 7.59. The number of amides is 1. The van der Waals surface area contributed by atoms with Crippen molar-refractivity contribution in [3.63, 3.8) is 0 Å². The molecule has 0 fully saturated rings. The van der Waals surface area contributed by atoms with Crippen LogP contribution in [0, 0.1) is 6.92 Å². The minimum atomic E-state index is -0.764. The van der Waals surface area contributed by atoms with Gasteiger partial charge in [-0.15, -0.1) is 0 Å². The standard InChI is InChI=1S/C17H23NO4/c1-3-22-17(21)15(19)7-5-4-6-8-16(20)18-14-11-9-13(2)10-12-14/h9-12H,3-8H2,1-2H3,(H,18,20). The maximum Gasteiger partial charge on any atom is 0.374 e. The van der Waals surface area contributed by atoms with Crippen molar-refractivity contribution in [3.8, 4) is 0 Å². The molecule has 0 atom stereocenters. The largest absolute Gasteiger partial charge is 0.460 e. The Morgan fingerprint density at radius 2 is 1.64 bits per heavy atom. The molecular formula is C17H23NO4. The molecule has 0 bridgehead atoms. The van der Waals surface area contributed by atoms with Crippen LogP contribution < -0.4 is 5.32 Å². The Labute approximate surface area is 131 Å². The van der Waals surface area contributed by atoms with Crippen molar-refractivity contribution in [2.24, 2.45) is 0 Å². The zero-order valence-electron chi connectivity index (χ0n) is 13.2.